The van der Waals surface area contributed by atoms with E-state index in [9.17, 15) is 0 Å². The third-order valence-corrected chi connectivity index (χ3v) is 4.14. The summed E-state index contributed by atoms with van der Waals surface area (Å²) in [6.07, 6.45) is 1.75. The first-order valence-corrected chi connectivity index (χ1v) is 8.10. The lowest BCUT2D eigenvalue weighted by Crippen LogP contribution is -2.21. The van der Waals surface area contributed by atoms with Crippen LogP contribution in [0.15, 0.2) is 47.5 Å². The highest BCUT2D eigenvalue weighted by molar-refractivity contribution is 7.98. The zero-order valence-corrected chi connectivity index (χ0v) is 13.6. The normalized spacial score (nSPS) is 10.9. The van der Waals surface area contributed by atoms with E-state index in [-0.39, 0.29) is 0 Å². The first-order valence-electron chi connectivity index (χ1n) is 7.12. The minimum absolute atomic E-state index is 0.511. The van der Waals surface area contributed by atoms with Crippen LogP contribution in [0, 0.1) is 0 Å². The van der Waals surface area contributed by atoms with Crippen LogP contribution in [0.1, 0.15) is 25.0 Å². The van der Waals surface area contributed by atoms with Crippen LogP contribution >= 0.6 is 11.8 Å². The van der Waals surface area contributed by atoms with Gasteiger partial charge >= 0.3 is 0 Å². The van der Waals surface area contributed by atoms with Crippen molar-refractivity contribution < 1.29 is 4.74 Å². The third-order valence-electron chi connectivity index (χ3n) is 3.08. The molecule has 0 bridgehead atoms. The molecular weight excluding hydrogens is 280 g/mol. The Morgan fingerprint density at radius 1 is 1.19 bits per heavy atom. The van der Waals surface area contributed by atoms with Gasteiger partial charge in [0.1, 0.15) is 0 Å². The number of rotatable bonds is 7. The number of hydrogen-bond acceptors (Lipinski definition) is 4. The number of benzene rings is 1. The van der Waals surface area contributed by atoms with Gasteiger partial charge in [-0.1, -0.05) is 32.0 Å². The van der Waals surface area contributed by atoms with Gasteiger partial charge in [-0.05, 0) is 23.8 Å². The number of ether oxygens (including phenoxy) is 1. The molecule has 0 saturated carbocycles. The number of methoxy groups -OCH3 is 1. The molecular formula is C17H22N2OS. The average Bonchev–Trinajstić information content (AvgIpc) is 2.52. The number of hydrogen-bond donors (Lipinski definition) is 1. The van der Waals surface area contributed by atoms with Gasteiger partial charge in [0.2, 0.25) is 5.88 Å². The Morgan fingerprint density at radius 2 is 1.95 bits per heavy atom. The van der Waals surface area contributed by atoms with Crippen LogP contribution in [0.25, 0.3) is 0 Å². The first-order chi connectivity index (χ1) is 10.2. The molecule has 0 amide bonds. The summed E-state index contributed by atoms with van der Waals surface area (Å²) >= 11 is 1.80. The van der Waals surface area contributed by atoms with Gasteiger partial charge in [0.15, 0.2) is 0 Å². The number of nitrogens with one attached hydrogen (secondary N) is 1. The highest BCUT2D eigenvalue weighted by Gasteiger charge is 2.04. The van der Waals surface area contributed by atoms with Gasteiger partial charge in [0, 0.05) is 35.0 Å². The van der Waals surface area contributed by atoms with Crippen molar-refractivity contribution in [3.63, 3.8) is 0 Å². The predicted octanol–water partition coefficient (Wildman–Crippen LogP) is 3.88. The van der Waals surface area contributed by atoms with Gasteiger partial charge in [0.05, 0.1) is 7.11 Å². The molecule has 0 atom stereocenters. The molecule has 0 unspecified atom stereocenters. The standard InChI is InChI=1S/C17H22N2OS/c1-13(2)19-11-14-6-8-16(9-7-14)21-12-15-5-4-10-18-17(15)20-3/h4-10,13,19H,11-12H2,1-3H3. The summed E-state index contributed by atoms with van der Waals surface area (Å²) in [7, 11) is 1.66. The van der Waals surface area contributed by atoms with Crippen LogP contribution < -0.4 is 10.1 Å². The lowest BCUT2D eigenvalue weighted by atomic mass is 10.2. The molecule has 1 heterocycles. The molecule has 2 rings (SSSR count). The van der Waals surface area contributed by atoms with E-state index in [1.165, 1.54) is 10.5 Å². The predicted molar refractivity (Wildman–Crippen MR) is 88.8 cm³/mol. The molecule has 0 aliphatic carbocycles. The maximum absolute atomic E-state index is 5.27. The smallest absolute Gasteiger partial charge is 0.217 e. The van der Waals surface area contributed by atoms with E-state index in [2.05, 4.69) is 54.5 Å². The quantitative estimate of drug-likeness (QED) is 0.787. The van der Waals surface area contributed by atoms with Crippen LogP contribution in [0.3, 0.4) is 0 Å². The molecule has 0 spiro atoms. The highest BCUT2D eigenvalue weighted by Crippen LogP contribution is 2.26. The number of pyridine rings is 1. The van der Waals surface area contributed by atoms with Crippen LogP contribution in [0.5, 0.6) is 5.88 Å². The monoisotopic (exact) mass is 302 g/mol. The second-order valence-corrected chi connectivity index (χ2v) is 6.19. The van der Waals surface area contributed by atoms with Crippen LogP contribution in [-0.4, -0.2) is 18.1 Å². The topological polar surface area (TPSA) is 34.1 Å². The second kappa shape index (κ2) is 8.05. The molecule has 0 aliphatic rings. The fourth-order valence-electron chi connectivity index (χ4n) is 1.90. The van der Waals surface area contributed by atoms with E-state index in [0.29, 0.717) is 11.9 Å². The summed E-state index contributed by atoms with van der Waals surface area (Å²) in [5.41, 5.74) is 2.43. The molecule has 112 valence electrons. The van der Waals surface area contributed by atoms with Gasteiger partial charge in [-0.15, -0.1) is 11.8 Å². The Kier molecular flexibility index (Phi) is 6.08. The lowest BCUT2D eigenvalue weighted by molar-refractivity contribution is 0.394. The third kappa shape index (κ3) is 5.06. The number of thioether (sulfide) groups is 1. The molecule has 1 aromatic heterocycles. The van der Waals surface area contributed by atoms with Crippen LogP contribution in [0.4, 0.5) is 0 Å². The van der Waals surface area contributed by atoms with Crippen molar-refractivity contribution in [3.8, 4) is 5.88 Å². The maximum atomic E-state index is 5.27. The summed E-state index contributed by atoms with van der Waals surface area (Å²) in [4.78, 5) is 5.48. The summed E-state index contributed by atoms with van der Waals surface area (Å²) in [6, 6.07) is 13.2. The lowest BCUT2D eigenvalue weighted by Gasteiger charge is -2.09. The number of aromatic nitrogens is 1. The highest BCUT2D eigenvalue weighted by atomic mass is 32.2. The van der Waals surface area contributed by atoms with Crippen molar-refractivity contribution in [2.24, 2.45) is 0 Å². The minimum Gasteiger partial charge on any atom is -0.481 e. The van der Waals surface area contributed by atoms with Crippen molar-refractivity contribution >= 4 is 11.8 Å². The van der Waals surface area contributed by atoms with E-state index in [4.69, 9.17) is 4.74 Å². The molecule has 1 aromatic carbocycles. The zero-order valence-electron chi connectivity index (χ0n) is 12.8. The molecule has 21 heavy (non-hydrogen) atoms. The van der Waals surface area contributed by atoms with E-state index >= 15 is 0 Å². The second-order valence-electron chi connectivity index (χ2n) is 5.14. The fraction of sp³-hybridized carbons (Fsp3) is 0.353. The van der Waals surface area contributed by atoms with E-state index < -0.39 is 0 Å². The summed E-state index contributed by atoms with van der Waals surface area (Å²) < 4.78 is 5.27. The minimum atomic E-state index is 0.511. The van der Waals surface area contributed by atoms with Crippen molar-refractivity contribution in [2.45, 2.75) is 37.1 Å². The molecule has 1 N–H and O–H groups in total. The van der Waals surface area contributed by atoms with Crippen molar-refractivity contribution in [1.29, 1.82) is 0 Å². The summed E-state index contributed by atoms with van der Waals surface area (Å²) in [5.74, 6) is 1.57. The van der Waals surface area contributed by atoms with Gasteiger partial charge in [-0.2, -0.15) is 0 Å². The van der Waals surface area contributed by atoms with E-state index in [1.807, 2.05) is 6.07 Å². The molecule has 0 aliphatic heterocycles. The van der Waals surface area contributed by atoms with Crippen molar-refractivity contribution in [3.05, 3.63) is 53.7 Å². The van der Waals surface area contributed by atoms with Crippen molar-refractivity contribution in [2.75, 3.05) is 7.11 Å². The van der Waals surface area contributed by atoms with Crippen LogP contribution in [0.2, 0.25) is 0 Å². The Labute approximate surface area is 131 Å². The van der Waals surface area contributed by atoms with E-state index in [1.54, 1.807) is 25.1 Å². The molecule has 0 radical (unpaired) electrons. The maximum Gasteiger partial charge on any atom is 0.217 e. The largest absolute Gasteiger partial charge is 0.481 e. The zero-order chi connectivity index (χ0) is 15.1. The summed E-state index contributed by atoms with van der Waals surface area (Å²) in [6.45, 7) is 5.23. The Balaban J connectivity index is 1.91. The Hall–Kier alpha value is -1.52. The van der Waals surface area contributed by atoms with Gasteiger partial charge in [0.25, 0.3) is 0 Å². The van der Waals surface area contributed by atoms with Gasteiger partial charge in [-0.3, -0.25) is 0 Å². The SMILES string of the molecule is COc1ncccc1CSc1ccc(CNC(C)C)cc1. The fourth-order valence-corrected chi connectivity index (χ4v) is 2.77. The first kappa shape index (κ1) is 15.9. The molecule has 4 heteroatoms. The molecule has 3 nitrogen and oxygen atoms in total. The van der Waals surface area contributed by atoms with Gasteiger partial charge in [-0.25, -0.2) is 4.98 Å². The molecule has 2 aromatic rings. The molecule has 0 fully saturated rings. The average molecular weight is 302 g/mol. The van der Waals surface area contributed by atoms with Gasteiger partial charge < -0.3 is 10.1 Å². The van der Waals surface area contributed by atoms with Crippen LogP contribution in [-0.2, 0) is 12.3 Å². The Bertz CT molecular complexity index is 555. The van der Waals surface area contributed by atoms with Crippen molar-refractivity contribution in [1.82, 2.24) is 10.3 Å². The number of nitrogens with zero attached hydrogens (tertiary/aromatic N) is 1. The summed E-state index contributed by atoms with van der Waals surface area (Å²) in [5, 5.41) is 3.42. The van der Waals surface area contributed by atoms with E-state index in [0.717, 1.165) is 17.9 Å². The molecule has 0 saturated heterocycles. The Morgan fingerprint density at radius 3 is 2.62 bits per heavy atom.